The van der Waals surface area contributed by atoms with Crippen molar-refractivity contribution in [1.82, 2.24) is 14.5 Å². The van der Waals surface area contributed by atoms with Gasteiger partial charge in [0.15, 0.2) is 5.65 Å². The molecule has 2 heterocycles. The van der Waals surface area contributed by atoms with Crippen LogP contribution in [0.15, 0.2) is 16.7 Å². The van der Waals surface area contributed by atoms with Crippen molar-refractivity contribution in [3.8, 4) is 0 Å². The SMILES string of the molecule is CC1CCC(n2c(CCl)nc3cc(Br)cnc32)CC1. The molecule has 2 aromatic heterocycles. The average molecular weight is 343 g/mol. The first-order valence-corrected chi connectivity index (χ1v) is 8.10. The lowest BCUT2D eigenvalue weighted by molar-refractivity contribution is 0.290. The van der Waals surface area contributed by atoms with Gasteiger partial charge in [-0.3, -0.25) is 0 Å². The van der Waals surface area contributed by atoms with Crippen molar-refractivity contribution in [2.75, 3.05) is 0 Å². The Bertz CT molecular complexity index is 588. The van der Waals surface area contributed by atoms with Crippen LogP contribution in [0, 0.1) is 5.92 Å². The molecular formula is C14H17BrClN3. The molecule has 1 aliphatic rings. The number of alkyl halides is 1. The standard InChI is InChI=1S/C14H17BrClN3/c1-9-2-4-11(5-3-9)19-13(7-16)18-12-6-10(15)8-17-14(12)19/h6,8-9,11H,2-5,7H2,1H3. The predicted octanol–water partition coefficient (Wildman–Crippen LogP) is 4.68. The van der Waals surface area contributed by atoms with E-state index in [2.05, 4.69) is 37.4 Å². The molecule has 2 aromatic rings. The predicted molar refractivity (Wildman–Crippen MR) is 81.5 cm³/mol. The lowest BCUT2D eigenvalue weighted by Gasteiger charge is -2.28. The summed E-state index contributed by atoms with van der Waals surface area (Å²) in [5.74, 6) is 2.23. The largest absolute Gasteiger partial charge is 0.309 e. The number of hydrogen-bond acceptors (Lipinski definition) is 2. The number of aromatic nitrogens is 3. The van der Waals surface area contributed by atoms with Crippen molar-refractivity contribution in [3.05, 3.63) is 22.6 Å². The Hall–Kier alpha value is -0.610. The van der Waals surface area contributed by atoms with Crippen LogP contribution in [-0.2, 0) is 5.88 Å². The van der Waals surface area contributed by atoms with Crippen molar-refractivity contribution < 1.29 is 0 Å². The summed E-state index contributed by atoms with van der Waals surface area (Å²) in [6.45, 7) is 2.33. The van der Waals surface area contributed by atoms with Crippen LogP contribution >= 0.6 is 27.5 Å². The van der Waals surface area contributed by atoms with Gasteiger partial charge in [0.1, 0.15) is 11.3 Å². The molecule has 0 radical (unpaired) electrons. The normalized spacial score (nSPS) is 23.9. The van der Waals surface area contributed by atoms with Gasteiger partial charge in [-0.2, -0.15) is 0 Å². The number of rotatable bonds is 2. The first-order chi connectivity index (χ1) is 9.19. The van der Waals surface area contributed by atoms with Crippen LogP contribution in [0.1, 0.15) is 44.5 Å². The molecule has 0 amide bonds. The lowest BCUT2D eigenvalue weighted by Crippen LogP contribution is -2.18. The van der Waals surface area contributed by atoms with E-state index in [1.807, 2.05) is 12.3 Å². The Morgan fingerprint density at radius 2 is 2.11 bits per heavy atom. The summed E-state index contributed by atoms with van der Waals surface area (Å²) in [6.07, 6.45) is 6.80. The molecule has 1 fully saturated rings. The summed E-state index contributed by atoms with van der Waals surface area (Å²) in [5, 5.41) is 0. The second-order valence-electron chi connectivity index (χ2n) is 5.44. The minimum Gasteiger partial charge on any atom is -0.309 e. The highest BCUT2D eigenvalue weighted by Gasteiger charge is 2.24. The molecule has 0 aromatic carbocycles. The molecule has 0 spiro atoms. The first kappa shape index (κ1) is 13.4. The second kappa shape index (κ2) is 5.41. The summed E-state index contributed by atoms with van der Waals surface area (Å²) in [7, 11) is 0. The zero-order chi connectivity index (χ0) is 13.4. The maximum absolute atomic E-state index is 6.07. The molecule has 102 valence electrons. The van der Waals surface area contributed by atoms with E-state index in [0.29, 0.717) is 11.9 Å². The van der Waals surface area contributed by atoms with Crippen molar-refractivity contribution in [1.29, 1.82) is 0 Å². The Morgan fingerprint density at radius 3 is 2.79 bits per heavy atom. The van der Waals surface area contributed by atoms with Gasteiger partial charge in [0.05, 0.1) is 5.88 Å². The molecule has 1 aliphatic carbocycles. The molecule has 0 bridgehead atoms. The van der Waals surface area contributed by atoms with E-state index in [-0.39, 0.29) is 0 Å². The topological polar surface area (TPSA) is 30.7 Å². The summed E-state index contributed by atoms with van der Waals surface area (Å²) < 4.78 is 3.23. The third-order valence-electron chi connectivity index (χ3n) is 4.04. The van der Waals surface area contributed by atoms with Gasteiger partial charge in [0.2, 0.25) is 0 Å². The Morgan fingerprint density at radius 1 is 1.37 bits per heavy atom. The van der Waals surface area contributed by atoms with Crippen LogP contribution in [0.4, 0.5) is 0 Å². The summed E-state index contributed by atoms with van der Waals surface area (Å²) in [4.78, 5) is 9.16. The minimum atomic E-state index is 0.444. The van der Waals surface area contributed by atoms with Gasteiger partial charge in [-0.05, 0) is 53.6 Å². The molecular weight excluding hydrogens is 326 g/mol. The lowest BCUT2D eigenvalue weighted by atomic mass is 9.87. The first-order valence-electron chi connectivity index (χ1n) is 6.77. The number of halogens is 2. The summed E-state index contributed by atoms with van der Waals surface area (Å²) in [6, 6.07) is 2.52. The minimum absolute atomic E-state index is 0.444. The zero-order valence-corrected chi connectivity index (χ0v) is 13.3. The smallest absolute Gasteiger partial charge is 0.160 e. The van der Waals surface area contributed by atoms with E-state index in [0.717, 1.165) is 27.4 Å². The van der Waals surface area contributed by atoms with Crippen LogP contribution < -0.4 is 0 Å². The van der Waals surface area contributed by atoms with Gasteiger partial charge in [-0.15, -0.1) is 11.6 Å². The van der Waals surface area contributed by atoms with Crippen molar-refractivity contribution >= 4 is 38.7 Å². The van der Waals surface area contributed by atoms with E-state index < -0.39 is 0 Å². The van der Waals surface area contributed by atoms with Crippen LogP contribution in [0.3, 0.4) is 0 Å². The highest BCUT2D eigenvalue weighted by Crippen LogP contribution is 2.35. The quantitative estimate of drug-likeness (QED) is 0.742. The fraction of sp³-hybridized carbons (Fsp3) is 0.571. The molecule has 0 saturated heterocycles. The molecule has 0 unspecified atom stereocenters. The molecule has 5 heteroatoms. The van der Waals surface area contributed by atoms with Gasteiger partial charge >= 0.3 is 0 Å². The highest BCUT2D eigenvalue weighted by atomic mass is 79.9. The van der Waals surface area contributed by atoms with Gasteiger partial charge < -0.3 is 4.57 Å². The number of pyridine rings is 1. The number of hydrogen-bond donors (Lipinski definition) is 0. The number of fused-ring (bicyclic) bond motifs is 1. The summed E-state index contributed by atoms with van der Waals surface area (Å²) in [5.41, 5.74) is 1.90. The fourth-order valence-corrected chi connectivity index (χ4v) is 3.49. The van der Waals surface area contributed by atoms with Crippen molar-refractivity contribution in [2.24, 2.45) is 5.92 Å². The van der Waals surface area contributed by atoms with Gasteiger partial charge in [0.25, 0.3) is 0 Å². The number of imidazole rings is 1. The van der Waals surface area contributed by atoms with E-state index in [1.165, 1.54) is 25.7 Å². The third-order valence-corrected chi connectivity index (χ3v) is 4.71. The molecule has 3 rings (SSSR count). The number of nitrogens with zero attached hydrogens (tertiary/aromatic N) is 3. The Labute approximate surface area is 126 Å². The van der Waals surface area contributed by atoms with E-state index in [9.17, 15) is 0 Å². The molecule has 0 N–H and O–H groups in total. The van der Waals surface area contributed by atoms with Gasteiger partial charge in [-0.25, -0.2) is 9.97 Å². The molecule has 0 aliphatic heterocycles. The summed E-state index contributed by atoms with van der Waals surface area (Å²) >= 11 is 9.52. The molecule has 0 atom stereocenters. The molecule has 1 saturated carbocycles. The second-order valence-corrected chi connectivity index (χ2v) is 6.62. The van der Waals surface area contributed by atoms with E-state index >= 15 is 0 Å². The van der Waals surface area contributed by atoms with Gasteiger partial charge in [-0.1, -0.05) is 6.92 Å². The van der Waals surface area contributed by atoms with Gasteiger partial charge in [0, 0.05) is 16.7 Å². The third kappa shape index (κ3) is 2.52. The van der Waals surface area contributed by atoms with Crippen LogP contribution in [0.5, 0.6) is 0 Å². The molecule has 3 nitrogen and oxygen atoms in total. The monoisotopic (exact) mass is 341 g/mol. The fourth-order valence-electron chi connectivity index (χ4n) is 2.98. The highest BCUT2D eigenvalue weighted by molar-refractivity contribution is 9.10. The van der Waals surface area contributed by atoms with Crippen LogP contribution in [0.2, 0.25) is 0 Å². The maximum atomic E-state index is 6.07. The Kier molecular flexibility index (Phi) is 3.81. The average Bonchev–Trinajstić information content (AvgIpc) is 2.77. The zero-order valence-electron chi connectivity index (χ0n) is 10.9. The van der Waals surface area contributed by atoms with Crippen molar-refractivity contribution in [2.45, 2.75) is 44.5 Å². The Balaban J connectivity index is 2.05. The van der Waals surface area contributed by atoms with E-state index in [4.69, 9.17) is 11.6 Å². The van der Waals surface area contributed by atoms with Crippen LogP contribution in [-0.4, -0.2) is 14.5 Å². The molecule has 19 heavy (non-hydrogen) atoms. The van der Waals surface area contributed by atoms with Crippen LogP contribution in [0.25, 0.3) is 11.2 Å². The van der Waals surface area contributed by atoms with E-state index in [1.54, 1.807) is 0 Å². The maximum Gasteiger partial charge on any atom is 0.160 e. The van der Waals surface area contributed by atoms with Crippen molar-refractivity contribution in [3.63, 3.8) is 0 Å².